The fourth-order valence-corrected chi connectivity index (χ4v) is 3.30. The predicted octanol–water partition coefficient (Wildman–Crippen LogP) is 3.56. The number of nitrogens with one attached hydrogen (secondary N) is 2. The molecule has 1 atom stereocenters. The van der Waals surface area contributed by atoms with Gasteiger partial charge in [-0.15, -0.1) is 0 Å². The summed E-state index contributed by atoms with van der Waals surface area (Å²) in [6.45, 7) is 6.95. The predicted molar refractivity (Wildman–Crippen MR) is 112 cm³/mol. The minimum Gasteiger partial charge on any atom is -0.395 e. The first-order valence-corrected chi connectivity index (χ1v) is 9.69. The Morgan fingerprint density at radius 3 is 2.68 bits per heavy atom. The van der Waals surface area contributed by atoms with E-state index in [1.165, 1.54) is 11.1 Å². The number of aromatic nitrogens is 2. The second kappa shape index (κ2) is 8.89. The number of fused-ring (bicyclic) bond motifs is 1. The second-order valence-electron chi connectivity index (χ2n) is 7.04. The van der Waals surface area contributed by atoms with Crippen LogP contribution in [0, 0.1) is 13.8 Å². The van der Waals surface area contributed by atoms with E-state index < -0.39 is 0 Å². The Hall–Kier alpha value is -2.86. The third-order valence-electron chi connectivity index (χ3n) is 5.12. The molecule has 0 aliphatic rings. The summed E-state index contributed by atoms with van der Waals surface area (Å²) in [5.41, 5.74) is 5.27. The number of hydrogen-bond acceptors (Lipinski definition) is 4. The number of imidazole rings is 1. The number of aliphatic hydroxyl groups excluding tert-OH is 1. The summed E-state index contributed by atoms with van der Waals surface area (Å²) in [5.74, 6) is 0.644. The molecule has 6 nitrogen and oxygen atoms in total. The first-order chi connectivity index (χ1) is 13.5. The molecule has 0 spiro atoms. The van der Waals surface area contributed by atoms with Crippen LogP contribution < -0.4 is 5.32 Å². The molecule has 3 N–H and O–H groups in total. The van der Waals surface area contributed by atoms with Crippen molar-refractivity contribution in [3.05, 3.63) is 59.2 Å². The van der Waals surface area contributed by atoms with E-state index in [0.29, 0.717) is 19.0 Å². The summed E-state index contributed by atoms with van der Waals surface area (Å²) >= 11 is 0. The Morgan fingerprint density at radius 1 is 1.21 bits per heavy atom. The van der Waals surface area contributed by atoms with Crippen molar-refractivity contribution in [2.45, 2.75) is 33.2 Å². The number of aromatic amines is 1. The summed E-state index contributed by atoms with van der Waals surface area (Å²) < 4.78 is 0. The van der Waals surface area contributed by atoms with E-state index in [1.54, 1.807) is 4.90 Å². The van der Waals surface area contributed by atoms with E-state index >= 15 is 0 Å². The van der Waals surface area contributed by atoms with Crippen LogP contribution >= 0.6 is 0 Å². The maximum absolute atomic E-state index is 12.8. The van der Waals surface area contributed by atoms with Gasteiger partial charge in [0.15, 0.2) is 0 Å². The smallest absolute Gasteiger partial charge is 0.225 e. The summed E-state index contributed by atoms with van der Waals surface area (Å²) in [7, 11) is 0. The number of para-hydroxylation sites is 2. The normalized spacial score (nSPS) is 12.1. The highest BCUT2D eigenvalue weighted by molar-refractivity contribution is 5.79. The Kier molecular flexibility index (Phi) is 6.31. The van der Waals surface area contributed by atoms with Crippen molar-refractivity contribution in [3.8, 4) is 0 Å². The molecule has 0 aliphatic heterocycles. The van der Waals surface area contributed by atoms with Crippen molar-refractivity contribution in [1.29, 1.82) is 0 Å². The molecule has 148 valence electrons. The number of anilines is 1. The van der Waals surface area contributed by atoms with Gasteiger partial charge in [0.25, 0.3) is 0 Å². The van der Waals surface area contributed by atoms with Crippen molar-refractivity contribution in [1.82, 2.24) is 14.9 Å². The molecule has 0 saturated carbocycles. The fraction of sp³-hybridized carbons (Fsp3) is 0.364. The van der Waals surface area contributed by atoms with Gasteiger partial charge >= 0.3 is 0 Å². The van der Waals surface area contributed by atoms with Gasteiger partial charge in [-0.25, -0.2) is 4.98 Å². The molecule has 0 aliphatic carbocycles. The zero-order valence-electron chi connectivity index (χ0n) is 16.7. The Labute approximate surface area is 165 Å². The first-order valence-electron chi connectivity index (χ1n) is 9.69. The molecule has 2 aromatic carbocycles. The molecular formula is C22H28N4O2. The number of aryl methyl sites for hydroxylation is 2. The van der Waals surface area contributed by atoms with Crippen LogP contribution in [-0.2, 0) is 4.79 Å². The molecule has 3 rings (SSSR count). The van der Waals surface area contributed by atoms with Crippen molar-refractivity contribution in [2.75, 3.05) is 25.0 Å². The molecule has 0 fully saturated rings. The maximum Gasteiger partial charge on any atom is 0.225 e. The quantitative estimate of drug-likeness (QED) is 0.558. The lowest BCUT2D eigenvalue weighted by Crippen LogP contribution is -2.35. The number of hydrogen-bond donors (Lipinski definition) is 3. The molecule has 0 bridgehead atoms. The number of benzene rings is 2. The van der Waals surface area contributed by atoms with Crippen LogP contribution in [0.2, 0.25) is 0 Å². The number of aliphatic hydroxyl groups is 1. The van der Waals surface area contributed by atoms with Crippen LogP contribution in [0.5, 0.6) is 0 Å². The van der Waals surface area contributed by atoms with E-state index in [0.717, 1.165) is 16.6 Å². The third kappa shape index (κ3) is 4.51. The number of amides is 1. The highest BCUT2D eigenvalue weighted by Gasteiger charge is 2.21. The van der Waals surface area contributed by atoms with Crippen LogP contribution in [0.15, 0.2) is 42.5 Å². The molecule has 0 saturated heterocycles. The highest BCUT2D eigenvalue weighted by Crippen LogP contribution is 2.25. The summed E-state index contributed by atoms with van der Waals surface area (Å²) in [4.78, 5) is 22.4. The van der Waals surface area contributed by atoms with Crippen molar-refractivity contribution >= 4 is 22.9 Å². The monoisotopic (exact) mass is 380 g/mol. The SMILES string of the molecule is CCN(CCO)C(=O)CC(Nc1nc2ccccc2[nH]1)c1ccc(C)c(C)c1. The number of nitrogens with zero attached hydrogens (tertiary/aromatic N) is 2. The molecule has 28 heavy (non-hydrogen) atoms. The lowest BCUT2D eigenvalue weighted by atomic mass is 9.98. The van der Waals surface area contributed by atoms with E-state index in [2.05, 4.69) is 47.3 Å². The molecule has 1 aromatic heterocycles. The lowest BCUT2D eigenvalue weighted by Gasteiger charge is -2.24. The minimum atomic E-state index is -0.222. The second-order valence-corrected chi connectivity index (χ2v) is 7.04. The van der Waals surface area contributed by atoms with Gasteiger partial charge in [-0.3, -0.25) is 4.79 Å². The molecule has 6 heteroatoms. The number of H-pyrrole nitrogens is 1. The van der Waals surface area contributed by atoms with Gasteiger partial charge in [0, 0.05) is 13.1 Å². The fourth-order valence-electron chi connectivity index (χ4n) is 3.30. The summed E-state index contributed by atoms with van der Waals surface area (Å²) in [6.07, 6.45) is 0.285. The van der Waals surface area contributed by atoms with Gasteiger partial charge in [-0.05, 0) is 49.6 Å². The van der Waals surface area contributed by atoms with Gasteiger partial charge < -0.3 is 20.3 Å². The van der Waals surface area contributed by atoms with E-state index in [4.69, 9.17) is 0 Å². The van der Waals surface area contributed by atoms with Gasteiger partial charge in [0.1, 0.15) is 0 Å². The van der Waals surface area contributed by atoms with E-state index in [9.17, 15) is 9.90 Å². The number of carbonyl (C=O) groups is 1. The lowest BCUT2D eigenvalue weighted by molar-refractivity contribution is -0.131. The van der Waals surface area contributed by atoms with Crippen molar-refractivity contribution in [3.63, 3.8) is 0 Å². The topological polar surface area (TPSA) is 81.2 Å². The molecule has 1 heterocycles. The average Bonchev–Trinajstić information content (AvgIpc) is 3.10. The number of carbonyl (C=O) groups excluding carboxylic acids is 1. The molecule has 1 amide bonds. The summed E-state index contributed by atoms with van der Waals surface area (Å²) in [5, 5.41) is 12.6. The first kappa shape index (κ1) is 19.9. The van der Waals surface area contributed by atoms with E-state index in [-0.39, 0.29) is 25.0 Å². The number of likely N-dealkylation sites (N-methyl/N-ethyl adjacent to an activating group) is 1. The molecule has 3 aromatic rings. The van der Waals surface area contributed by atoms with E-state index in [1.807, 2.05) is 31.2 Å². The third-order valence-corrected chi connectivity index (χ3v) is 5.12. The van der Waals surface area contributed by atoms with Crippen LogP contribution in [-0.4, -0.2) is 45.6 Å². The molecule has 1 unspecified atom stereocenters. The molecule has 0 radical (unpaired) electrons. The summed E-state index contributed by atoms with van der Waals surface area (Å²) in [6, 6.07) is 13.9. The van der Waals surface area contributed by atoms with Crippen molar-refractivity contribution in [2.24, 2.45) is 0 Å². The number of rotatable bonds is 8. The van der Waals surface area contributed by atoms with Crippen LogP contribution in [0.3, 0.4) is 0 Å². The van der Waals surface area contributed by atoms with Crippen LogP contribution in [0.1, 0.15) is 36.1 Å². The highest BCUT2D eigenvalue weighted by atomic mass is 16.3. The Morgan fingerprint density at radius 2 is 2.00 bits per heavy atom. The average molecular weight is 380 g/mol. The van der Waals surface area contributed by atoms with Crippen LogP contribution in [0.4, 0.5) is 5.95 Å². The zero-order chi connectivity index (χ0) is 20.1. The van der Waals surface area contributed by atoms with Gasteiger partial charge in [-0.2, -0.15) is 0 Å². The largest absolute Gasteiger partial charge is 0.395 e. The van der Waals surface area contributed by atoms with Gasteiger partial charge in [-0.1, -0.05) is 30.3 Å². The molecular weight excluding hydrogens is 352 g/mol. The minimum absolute atomic E-state index is 0.00314. The van der Waals surface area contributed by atoms with Gasteiger partial charge in [0.05, 0.1) is 30.1 Å². The van der Waals surface area contributed by atoms with Crippen molar-refractivity contribution < 1.29 is 9.90 Å². The standard InChI is InChI=1S/C22H28N4O2/c1-4-26(11-12-27)21(28)14-20(17-10-9-15(2)16(3)13-17)25-22-23-18-7-5-6-8-19(18)24-22/h5-10,13,20,27H,4,11-12,14H2,1-3H3,(H2,23,24,25). The Bertz CT molecular complexity index is 918. The Balaban J connectivity index is 1.88. The van der Waals surface area contributed by atoms with Gasteiger partial charge in [0.2, 0.25) is 11.9 Å². The van der Waals surface area contributed by atoms with Crippen LogP contribution in [0.25, 0.3) is 11.0 Å². The zero-order valence-corrected chi connectivity index (χ0v) is 16.7. The maximum atomic E-state index is 12.8.